The summed E-state index contributed by atoms with van der Waals surface area (Å²) in [5.41, 5.74) is 6.94. The van der Waals surface area contributed by atoms with E-state index in [0.29, 0.717) is 0 Å². The summed E-state index contributed by atoms with van der Waals surface area (Å²) in [6.45, 7) is 2.15. The molecule has 0 radical (unpaired) electrons. The number of para-hydroxylation sites is 1. The molecule has 1 aromatic heterocycles. The van der Waals surface area contributed by atoms with Gasteiger partial charge in [-0.15, -0.1) is 0 Å². The van der Waals surface area contributed by atoms with E-state index in [2.05, 4.69) is 79.7 Å². The fourth-order valence-electron chi connectivity index (χ4n) is 3.06. The Morgan fingerprint density at radius 1 is 0.652 bits per heavy atom. The summed E-state index contributed by atoms with van der Waals surface area (Å²) < 4.78 is 0. The number of aryl methyl sites for hydroxylation is 1. The second-order valence-electron chi connectivity index (χ2n) is 5.75. The van der Waals surface area contributed by atoms with Crippen LogP contribution in [0.2, 0.25) is 0 Å². The van der Waals surface area contributed by atoms with Gasteiger partial charge in [0.15, 0.2) is 0 Å². The summed E-state index contributed by atoms with van der Waals surface area (Å²) >= 11 is 0. The van der Waals surface area contributed by atoms with Crippen LogP contribution in [0.5, 0.6) is 0 Å². The van der Waals surface area contributed by atoms with Crippen LogP contribution < -0.4 is 0 Å². The third-order valence-electron chi connectivity index (χ3n) is 4.21. The average Bonchev–Trinajstić information content (AvgIpc) is 2.62. The standard InChI is InChI=1S/C22H17N/c1-16-15-22(23-21-14-8-7-11-18(16)21)20-13-6-5-12-19(20)17-9-3-2-4-10-17/h2-15H,1H3. The molecule has 0 aliphatic heterocycles. The van der Waals surface area contributed by atoms with E-state index in [1.807, 2.05) is 12.1 Å². The molecule has 0 unspecified atom stereocenters. The molecule has 0 atom stereocenters. The van der Waals surface area contributed by atoms with Crippen molar-refractivity contribution >= 4 is 10.9 Å². The van der Waals surface area contributed by atoms with Crippen LogP contribution >= 0.6 is 0 Å². The summed E-state index contributed by atoms with van der Waals surface area (Å²) in [6.07, 6.45) is 0. The number of hydrogen-bond donors (Lipinski definition) is 0. The molecule has 1 heteroatoms. The first kappa shape index (κ1) is 13.7. The van der Waals surface area contributed by atoms with Gasteiger partial charge in [-0.05, 0) is 35.7 Å². The van der Waals surface area contributed by atoms with Crippen LogP contribution in [0.15, 0.2) is 84.9 Å². The summed E-state index contributed by atoms with van der Waals surface area (Å²) in [6, 6.07) is 29.5. The maximum atomic E-state index is 4.89. The van der Waals surface area contributed by atoms with Crippen LogP contribution in [0.25, 0.3) is 33.3 Å². The van der Waals surface area contributed by atoms with Crippen molar-refractivity contribution in [3.8, 4) is 22.4 Å². The van der Waals surface area contributed by atoms with Gasteiger partial charge in [0.2, 0.25) is 0 Å². The van der Waals surface area contributed by atoms with Gasteiger partial charge in [-0.25, -0.2) is 4.98 Å². The van der Waals surface area contributed by atoms with Crippen LogP contribution in [-0.2, 0) is 0 Å². The van der Waals surface area contributed by atoms with Gasteiger partial charge in [0.25, 0.3) is 0 Å². The van der Waals surface area contributed by atoms with Gasteiger partial charge in [0, 0.05) is 10.9 Å². The van der Waals surface area contributed by atoms with Gasteiger partial charge in [-0.3, -0.25) is 0 Å². The number of fused-ring (bicyclic) bond motifs is 1. The van der Waals surface area contributed by atoms with E-state index in [9.17, 15) is 0 Å². The Bertz CT molecular complexity index is 971. The minimum absolute atomic E-state index is 1.03. The van der Waals surface area contributed by atoms with Crippen molar-refractivity contribution in [2.75, 3.05) is 0 Å². The van der Waals surface area contributed by atoms with E-state index < -0.39 is 0 Å². The lowest BCUT2D eigenvalue weighted by atomic mass is 9.96. The molecule has 4 rings (SSSR count). The fraction of sp³-hybridized carbons (Fsp3) is 0.0455. The van der Waals surface area contributed by atoms with Crippen LogP contribution in [0.4, 0.5) is 0 Å². The Balaban J connectivity index is 1.96. The van der Waals surface area contributed by atoms with E-state index in [4.69, 9.17) is 4.98 Å². The number of rotatable bonds is 2. The van der Waals surface area contributed by atoms with Crippen molar-refractivity contribution in [3.05, 3.63) is 90.5 Å². The molecule has 1 heterocycles. The summed E-state index contributed by atoms with van der Waals surface area (Å²) in [5.74, 6) is 0. The highest BCUT2D eigenvalue weighted by Gasteiger charge is 2.10. The highest BCUT2D eigenvalue weighted by atomic mass is 14.7. The van der Waals surface area contributed by atoms with E-state index in [-0.39, 0.29) is 0 Å². The zero-order chi connectivity index (χ0) is 15.6. The molecule has 110 valence electrons. The van der Waals surface area contributed by atoms with Crippen LogP contribution in [0, 0.1) is 6.92 Å². The average molecular weight is 295 g/mol. The van der Waals surface area contributed by atoms with Crippen molar-refractivity contribution in [1.82, 2.24) is 4.98 Å². The van der Waals surface area contributed by atoms with Crippen LogP contribution in [0.1, 0.15) is 5.56 Å². The molecule has 0 saturated heterocycles. The lowest BCUT2D eigenvalue weighted by molar-refractivity contribution is 1.36. The highest BCUT2D eigenvalue weighted by molar-refractivity contribution is 5.88. The van der Waals surface area contributed by atoms with Gasteiger partial charge in [0.05, 0.1) is 11.2 Å². The maximum absolute atomic E-state index is 4.89. The molecule has 1 nitrogen and oxygen atoms in total. The number of pyridine rings is 1. The Hall–Kier alpha value is -2.93. The molecule has 0 aliphatic carbocycles. The van der Waals surface area contributed by atoms with Crippen molar-refractivity contribution in [1.29, 1.82) is 0 Å². The number of hydrogen-bond acceptors (Lipinski definition) is 1. The van der Waals surface area contributed by atoms with Crippen molar-refractivity contribution in [3.63, 3.8) is 0 Å². The molecule has 0 N–H and O–H groups in total. The first-order valence-corrected chi connectivity index (χ1v) is 7.84. The second kappa shape index (κ2) is 5.69. The largest absolute Gasteiger partial charge is 0.248 e. The summed E-state index contributed by atoms with van der Waals surface area (Å²) in [5, 5.41) is 1.22. The van der Waals surface area contributed by atoms with Crippen molar-refractivity contribution < 1.29 is 0 Å². The lowest BCUT2D eigenvalue weighted by Gasteiger charge is -2.11. The second-order valence-corrected chi connectivity index (χ2v) is 5.75. The van der Waals surface area contributed by atoms with E-state index in [0.717, 1.165) is 11.2 Å². The normalized spacial score (nSPS) is 10.8. The number of nitrogens with zero attached hydrogens (tertiary/aromatic N) is 1. The Kier molecular flexibility index (Phi) is 3.39. The summed E-state index contributed by atoms with van der Waals surface area (Å²) in [4.78, 5) is 4.89. The Labute approximate surface area is 136 Å². The monoisotopic (exact) mass is 295 g/mol. The Morgan fingerprint density at radius 2 is 1.30 bits per heavy atom. The van der Waals surface area contributed by atoms with Gasteiger partial charge in [-0.2, -0.15) is 0 Å². The molecule has 0 fully saturated rings. The van der Waals surface area contributed by atoms with E-state index in [1.165, 1.54) is 27.6 Å². The number of benzene rings is 3. The third-order valence-corrected chi connectivity index (χ3v) is 4.21. The van der Waals surface area contributed by atoms with Gasteiger partial charge < -0.3 is 0 Å². The maximum Gasteiger partial charge on any atom is 0.0718 e. The quantitative estimate of drug-likeness (QED) is 0.450. The summed E-state index contributed by atoms with van der Waals surface area (Å²) in [7, 11) is 0. The Morgan fingerprint density at radius 3 is 2.13 bits per heavy atom. The zero-order valence-corrected chi connectivity index (χ0v) is 13.0. The molecule has 0 bridgehead atoms. The van der Waals surface area contributed by atoms with Crippen molar-refractivity contribution in [2.45, 2.75) is 6.92 Å². The molecule has 0 saturated carbocycles. The van der Waals surface area contributed by atoms with Crippen molar-refractivity contribution in [2.24, 2.45) is 0 Å². The van der Waals surface area contributed by atoms with Gasteiger partial charge in [-0.1, -0.05) is 72.8 Å². The molecule has 0 spiro atoms. The molecule has 23 heavy (non-hydrogen) atoms. The van der Waals surface area contributed by atoms with Gasteiger partial charge >= 0.3 is 0 Å². The molecular formula is C22H17N. The molecular weight excluding hydrogens is 278 g/mol. The van der Waals surface area contributed by atoms with Gasteiger partial charge in [0.1, 0.15) is 0 Å². The van der Waals surface area contributed by atoms with E-state index >= 15 is 0 Å². The minimum Gasteiger partial charge on any atom is -0.248 e. The number of aromatic nitrogens is 1. The topological polar surface area (TPSA) is 12.9 Å². The molecule has 0 aliphatic rings. The van der Waals surface area contributed by atoms with Crippen LogP contribution in [0.3, 0.4) is 0 Å². The smallest absolute Gasteiger partial charge is 0.0718 e. The zero-order valence-electron chi connectivity index (χ0n) is 13.0. The fourth-order valence-corrected chi connectivity index (χ4v) is 3.06. The SMILES string of the molecule is Cc1cc(-c2ccccc2-c2ccccc2)nc2ccccc12. The van der Waals surface area contributed by atoms with Crippen LogP contribution in [-0.4, -0.2) is 4.98 Å². The molecule has 0 amide bonds. The third kappa shape index (κ3) is 2.51. The lowest BCUT2D eigenvalue weighted by Crippen LogP contribution is -1.91. The molecule has 3 aromatic carbocycles. The van der Waals surface area contributed by atoms with E-state index in [1.54, 1.807) is 0 Å². The predicted molar refractivity (Wildman–Crippen MR) is 97.4 cm³/mol. The molecule has 4 aromatic rings. The minimum atomic E-state index is 1.03. The predicted octanol–water partition coefficient (Wildman–Crippen LogP) is 5.88. The first-order chi connectivity index (χ1) is 11.3. The first-order valence-electron chi connectivity index (χ1n) is 7.84. The highest BCUT2D eigenvalue weighted by Crippen LogP contribution is 2.32.